The predicted octanol–water partition coefficient (Wildman–Crippen LogP) is 3.55. The average Bonchev–Trinajstić information content (AvgIpc) is 2.74. The van der Waals surface area contributed by atoms with Gasteiger partial charge in [0.1, 0.15) is 6.04 Å². The maximum atomic E-state index is 13.1. The minimum Gasteiger partial charge on any atom is -0.340 e. The Morgan fingerprint density at radius 1 is 0.967 bits per heavy atom. The number of carbonyl (C=O) groups is 3. The number of benzene rings is 2. The second kappa shape index (κ2) is 10.6. The van der Waals surface area contributed by atoms with E-state index >= 15 is 0 Å². The summed E-state index contributed by atoms with van der Waals surface area (Å²) in [5.74, 6) is -0.942. The topological polar surface area (TPSA) is 78.5 Å². The van der Waals surface area contributed by atoms with Crippen molar-refractivity contribution in [3.8, 4) is 0 Å². The van der Waals surface area contributed by atoms with Crippen LogP contribution >= 0.6 is 0 Å². The van der Waals surface area contributed by atoms with Crippen molar-refractivity contribution < 1.29 is 14.4 Å². The summed E-state index contributed by atoms with van der Waals surface area (Å²) in [5.41, 5.74) is 3.18. The molecule has 30 heavy (non-hydrogen) atoms. The Labute approximate surface area is 178 Å². The van der Waals surface area contributed by atoms with E-state index in [1.807, 2.05) is 52.0 Å². The molecule has 160 valence electrons. The predicted molar refractivity (Wildman–Crippen MR) is 119 cm³/mol. The number of rotatable bonds is 8. The highest BCUT2D eigenvalue weighted by Gasteiger charge is 2.29. The van der Waals surface area contributed by atoms with Crippen molar-refractivity contribution in [2.45, 2.75) is 40.2 Å². The van der Waals surface area contributed by atoms with Gasteiger partial charge in [-0.25, -0.2) is 0 Å². The third-order valence-electron chi connectivity index (χ3n) is 5.30. The molecule has 6 nitrogen and oxygen atoms in total. The molecule has 2 aromatic carbocycles. The summed E-state index contributed by atoms with van der Waals surface area (Å²) in [4.78, 5) is 39.6. The number of amides is 3. The number of anilines is 1. The van der Waals surface area contributed by atoms with Crippen LogP contribution < -0.4 is 10.6 Å². The SMILES string of the molecule is CCC(C)C(NC(=O)c1ccccc1)C(=O)N(C)CC(=O)Nc1c(C)cccc1C. The Morgan fingerprint density at radius 2 is 1.57 bits per heavy atom. The first-order valence-electron chi connectivity index (χ1n) is 10.2. The maximum Gasteiger partial charge on any atom is 0.251 e. The normalized spacial score (nSPS) is 12.6. The van der Waals surface area contributed by atoms with Crippen LogP contribution in [-0.2, 0) is 9.59 Å². The molecule has 0 aromatic heterocycles. The maximum absolute atomic E-state index is 13.1. The van der Waals surface area contributed by atoms with Crippen LogP contribution in [-0.4, -0.2) is 42.3 Å². The first kappa shape index (κ1) is 23.1. The monoisotopic (exact) mass is 409 g/mol. The molecule has 0 aliphatic heterocycles. The molecule has 0 aliphatic rings. The molecule has 0 heterocycles. The fourth-order valence-electron chi connectivity index (χ4n) is 3.22. The Balaban J connectivity index is 2.07. The Hall–Kier alpha value is -3.15. The fourth-order valence-corrected chi connectivity index (χ4v) is 3.22. The summed E-state index contributed by atoms with van der Waals surface area (Å²) in [6.45, 7) is 7.64. The number of nitrogens with one attached hydrogen (secondary N) is 2. The quantitative estimate of drug-likeness (QED) is 0.700. The third-order valence-corrected chi connectivity index (χ3v) is 5.30. The van der Waals surface area contributed by atoms with Gasteiger partial charge in [-0.3, -0.25) is 14.4 Å². The van der Waals surface area contributed by atoms with E-state index < -0.39 is 6.04 Å². The third kappa shape index (κ3) is 5.92. The van der Waals surface area contributed by atoms with E-state index in [-0.39, 0.29) is 30.2 Å². The van der Waals surface area contributed by atoms with Crippen LogP contribution in [0.25, 0.3) is 0 Å². The lowest BCUT2D eigenvalue weighted by atomic mass is 9.97. The molecule has 0 saturated heterocycles. The standard InChI is InChI=1S/C24H31N3O3/c1-6-16(2)22(26-23(29)19-13-8-7-9-14-19)24(30)27(5)15-20(28)25-21-17(3)11-10-12-18(21)4/h7-14,16,22H,6,15H2,1-5H3,(H,25,28)(H,26,29). The summed E-state index contributed by atoms with van der Waals surface area (Å²) in [6, 6.07) is 13.9. The van der Waals surface area contributed by atoms with Crippen LogP contribution in [0.4, 0.5) is 5.69 Å². The van der Waals surface area contributed by atoms with E-state index in [0.29, 0.717) is 12.0 Å². The molecule has 0 radical (unpaired) electrons. The molecule has 3 amide bonds. The van der Waals surface area contributed by atoms with Gasteiger partial charge in [-0.05, 0) is 43.0 Å². The van der Waals surface area contributed by atoms with E-state index in [2.05, 4.69) is 10.6 Å². The Morgan fingerprint density at radius 3 is 2.13 bits per heavy atom. The van der Waals surface area contributed by atoms with Crippen molar-refractivity contribution >= 4 is 23.4 Å². The average molecular weight is 410 g/mol. The highest BCUT2D eigenvalue weighted by Crippen LogP contribution is 2.19. The van der Waals surface area contributed by atoms with Gasteiger partial charge in [0.05, 0.1) is 6.54 Å². The van der Waals surface area contributed by atoms with Gasteiger partial charge in [0, 0.05) is 18.3 Å². The summed E-state index contributed by atoms with van der Waals surface area (Å²) < 4.78 is 0. The van der Waals surface area contributed by atoms with Crippen LogP contribution in [0.2, 0.25) is 0 Å². The number of hydrogen-bond donors (Lipinski definition) is 2. The Kier molecular flexibility index (Phi) is 8.16. The number of para-hydroxylation sites is 1. The van der Waals surface area contributed by atoms with Gasteiger partial charge in [-0.1, -0.05) is 56.7 Å². The van der Waals surface area contributed by atoms with E-state index in [0.717, 1.165) is 16.8 Å². The number of nitrogens with zero attached hydrogens (tertiary/aromatic N) is 1. The van der Waals surface area contributed by atoms with Gasteiger partial charge in [-0.15, -0.1) is 0 Å². The van der Waals surface area contributed by atoms with Gasteiger partial charge < -0.3 is 15.5 Å². The number of hydrogen-bond acceptors (Lipinski definition) is 3. The number of aryl methyl sites for hydroxylation is 2. The van der Waals surface area contributed by atoms with Crippen LogP contribution in [0.3, 0.4) is 0 Å². The lowest BCUT2D eigenvalue weighted by Crippen LogP contribution is -2.52. The van der Waals surface area contributed by atoms with E-state index in [4.69, 9.17) is 0 Å². The van der Waals surface area contributed by atoms with Gasteiger partial charge in [0.2, 0.25) is 11.8 Å². The molecule has 0 fully saturated rings. The minimum atomic E-state index is -0.708. The zero-order valence-electron chi connectivity index (χ0n) is 18.4. The molecule has 0 aliphatic carbocycles. The molecule has 2 aromatic rings. The van der Waals surface area contributed by atoms with Crippen molar-refractivity contribution in [2.75, 3.05) is 18.9 Å². The second-order valence-corrected chi connectivity index (χ2v) is 7.71. The summed E-state index contributed by atoms with van der Waals surface area (Å²) >= 11 is 0. The number of carbonyl (C=O) groups excluding carboxylic acids is 3. The molecule has 0 saturated carbocycles. The van der Waals surface area contributed by atoms with Gasteiger partial charge >= 0.3 is 0 Å². The van der Waals surface area contributed by atoms with Gasteiger partial charge in [0.15, 0.2) is 0 Å². The highest BCUT2D eigenvalue weighted by molar-refractivity contribution is 5.99. The first-order valence-corrected chi connectivity index (χ1v) is 10.2. The number of likely N-dealkylation sites (N-methyl/N-ethyl adjacent to an activating group) is 1. The van der Waals surface area contributed by atoms with E-state index in [9.17, 15) is 14.4 Å². The van der Waals surface area contributed by atoms with Crippen LogP contribution in [0.5, 0.6) is 0 Å². The lowest BCUT2D eigenvalue weighted by Gasteiger charge is -2.28. The van der Waals surface area contributed by atoms with Crippen molar-refractivity contribution in [3.63, 3.8) is 0 Å². The lowest BCUT2D eigenvalue weighted by molar-refractivity contribution is -0.136. The van der Waals surface area contributed by atoms with Crippen molar-refractivity contribution in [1.82, 2.24) is 10.2 Å². The zero-order valence-corrected chi connectivity index (χ0v) is 18.4. The van der Waals surface area contributed by atoms with E-state index in [1.165, 1.54) is 4.90 Å². The fraction of sp³-hybridized carbons (Fsp3) is 0.375. The van der Waals surface area contributed by atoms with Crippen molar-refractivity contribution in [1.29, 1.82) is 0 Å². The molecule has 2 unspecified atom stereocenters. The van der Waals surface area contributed by atoms with Gasteiger partial charge in [-0.2, -0.15) is 0 Å². The molecular weight excluding hydrogens is 378 g/mol. The van der Waals surface area contributed by atoms with Crippen molar-refractivity contribution in [3.05, 3.63) is 65.2 Å². The molecule has 2 N–H and O–H groups in total. The summed E-state index contributed by atoms with van der Waals surface area (Å²) in [7, 11) is 1.58. The zero-order chi connectivity index (χ0) is 22.3. The highest BCUT2D eigenvalue weighted by atomic mass is 16.2. The summed E-state index contributed by atoms with van der Waals surface area (Å²) in [5, 5.41) is 5.74. The minimum absolute atomic E-state index is 0.0747. The molecule has 2 atom stereocenters. The van der Waals surface area contributed by atoms with Crippen LogP contribution in [0.1, 0.15) is 41.8 Å². The molecule has 2 rings (SSSR count). The molecular formula is C24H31N3O3. The Bertz CT molecular complexity index is 876. The van der Waals surface area contributed by atoms with E-state index in [1.54, 1.807) is 31.3 Å². The molecule has 0 spiro atoms. The van der Waals surface area contributed by atoms with Gasteiger partial charge in [0.25, 0.3) is 5.91 Å². The second-order valence-electron chi connectivity index (χ2n) is 7.71. The smallest absolute Gasteiger partial charge is 0.251 e. The van der Waals surface area contributed by atoms with Crippen LogP contribution in [0.15, 0.2) is 48.5 Å². The largest absolute Gasteiger partial charge is 0.340 e. The first-order chi connectivity index (χ1) is 14.2. The van der Waals surface area contributed by atoms with Crippen molar-refractivity contribution in [2.24, 2.45) is 5.92 Å². The molecule has 6 heteroatoms. The van der Waals surface area contributed by atoms with Crippen LogP contribution in [0, 0.1) is 19.8 Å². The summed E-state index contributed by atoms with van der Waals surface area (Å²) in [6.07, 6.45) is 0.716. The molecule has 0 bridgehead atoms.